The zero-order valence-corrected chi connectivity index (χ0v) is 11.9. The van der Waals surface area contributed by atoms with Crippen LogP contribution in [0.25, 0.3) is 10.3 Å². The molecule has 0 saturated heterocycles. The number of rotatable bonds is 4. The van der Waals surface area contributed by atoms with Crippen LogP contribution in [0.15, 0.2) is 47.5 Å². The number of thiazole rings is 1. The van der Waals surface area contributed by atoms with Crippen molar-refractivity contribution < 1.29 is 4.92 Å². The smallest absolute Gasteiger partial charge is 0.258 e. The molecule has 2 heterocycles. The summed E-state index contributed by atoms with van der Waals surface area (Å²) in [5.41, 5.74) is 0.568. The molecule has 0 fully saturated rings. The summed E-state index contributed by atoms with van der Waals surface area (Å²) in [4.78, 5) is 20.6. The Morgan fingerprint density at radius 1 is 1.30 bits per heavy atom. The normalized spacial score (nSPS) is 10.8. The Morgan fingerprint density at radius 2 is 2.10 bits per heavy atom. The number of thioether (sulfide) groups is 1. The van der Waals surface area contributed by atoms with E-state index in [1.807, 2.05) is 30.3 Å². The number of nitrogens with zero attached hydrogens (tertiary/aromatic N) is 3. The fraction of sp³-hybridized carbons (Fsp3) is 0.0769. The van der Waals surface area contributed by atoms with Gasteiger partial charge in [0.1, 0.15) is 21.6 Å². The summed E-state index contributed by atoms with van der Waals surface area (Å²) in [6.45, 7) is 0. The van der Waals surface area contributed by atoms with Crippen molar-refractivity contribution in [3.8, 4) is 0 Å². The lowest BCUT2D eigenvalue weighted by Gasteiger charge is -1.97. The van der Waals surface area contributed by atoms with Crippen molar-refractivity contribution in [3.05, 3.63) is 57.7 Å². The highest BCUT2D eigenvalue weighted by molar-refractivity contribution is 7.98. The van der Waals surface area contributed by atoms with Gasteiger partial charge in [0, 0.05) is 11.0 Å². The Bertz CT molecular complexity index is 759. The van der Waals surface area contributed by atoms with E-state index in [0.29, 0.717) is 5.52 Å². The summed E-state index contributed by atoms with van der Waals surface area (Å²) in [7, 11) is 0. The number of hydrogen-bond donors (Lipinski definition) is 0. The van der Waals surface area contributed by atoms with Gasteiger partial charge in [-0.3, -0.25) is 10.1 Å². The first-order valence-corrected chi connectivity index (χ1v) is 7.60. The molecule has 2 aromatic heterocycles. The summed E-state index contributed by atoms with van der Waals surface area (Å²) in [5.74, 6) is 0.735. The molecule has 0 unspecified atom stereocenters. The van der Waals surface area contributed by atoms with Crippen LogP contribution in [0.4, 0.5) is 5.69 Å². The minimum Gasteiger partial charge on any atom is -0.258 e. The molecule has 0 spiro atoms. The molecule has 3 rings (SSSR count). The highest BCUT2D eigenvalue weighted by Gasteiger charge is 2.11. The van der Waals surface area contributed by atoms with Crippen LogP contribution < -0.4 is 0 Å². The number of fused-ring (bicyclic) bond motifs is 1. The first kappa shape index (κ1) is 13.0. The number of hydrogen-bond acceptors (Lipinski definition) is 6. The Balaban J connectivity index is 1.80. The zero-order valence-electron chi connectivity index (χ0n) is 10.2. The quantitative estimate of drug-likeness (QED) is 0.415. The van der Waals surface area contributed by atoms with Crippen molar-refractivity contribution in [1.29, 1.82) is 0 Å². The second-order valence-electron chi connectivity index (χ2n) is 3.98. The Hall–Kier alpha value is -1.99. The third kappa shape index (κ3) is 2.78. The van der Waals surface area contributed by atoms with Gasteiger partial charge in [-0.2, -0.15) is 0 Å². The van der Waals surface area contributed by atoms with Crippen molar-refractivity contribution in [2.24, 2.45) is 0 Å². The van der Waals surface area contributed by atoms with Gasteiger partial charge in [-0.25, -0.2) is 9.97 Å². The summed E-state index contributed by atoms with van der Waals surface area (Å²) in [5, 5.41) is 11.6. The Labute approximate surface area is 122 Å². The van der Waals surface area contributed by atoms with Gasteiger partial charge in [0.05, 0.1) is 10.7 Å². The van der Waals surface area contributed by atoms with Crippen LogP contribution in [0.2, 0.25) is 0 Å². The molecule has 0 atom stereocenters. The van der Waals surface area contributed by atoms with Crippen molar-refractivity contribution in [2.45, 2.75) is 10.6 Å². The maximum atomic E-state index is 10.7. The second-order valence-corrected chi connectivity index (χ2v) is 6.10. The lowest BCUT2D eigenvalue weighted by molar-refractivity contribution is -0.385. The predicted molar refractivity (Wildman–Crippen MR) is 80.1 cm³/mol. The van der Waals surface area contributed by atoms with Crippen LogP contribution in [-0.4, -0.2) is 14.9 Å². The molecule has 0 N–H and O–H groups in total. The number of aromatic nitrogens is 2. The topological polar surface area (TPSA) is 68.9 Å². The van der Waals surface area contributed by atoms with E-state index >= 15 is 0 Å². The Morgan fingerprint density at radius 3 is 2.85 bits per heavy atom. The van der Waals surface area contributed by atoms with Gasteiger partial charge in [-0.1, -0.05) is 29.5 Å². The molecule has 7 heteroatoms. The molecular weight excluding hydrogens is 294 g/mol. The average Bonchev–Trinajstić information content (AvgIpc) is 2.88. The fourth-order valence-electron chi connectivity index (χ4n) is 1.68. The van der Waals surface area contributed by atoms with E-state index in [2.05, 4.69) is 9.97 Å². The molecule has 5 nitrogen and oxygen atoms in total. The van der Waals surface area contributed by atoms with Gasteiger partial charge in [-0.05, 0) is 12.1 Å². The lowest BCUT2D eigenvalue weighted by atomic mass is 10.4. The van der Waals surface area contributed by atoms with Gasteiger partial charge in [-0.15, -0.1) is 11.8 Å². The van der Waals surface area contributed by atoms with E-state index in [1.54, 1.807) is 11.8 Å². The van der Waals surface area contributed by atoms with Crippen LogP contribution in [-0.2, 0) is 5.75 Å². The molecule has 1 aromatic carbocycles. The molecule has 0 saturated carbocycles. The average molecular weight is 303 g/mol. The molecule has 100 valence electrons. The van der Waals surface area contributed by atoms with Gasteiger partial charge in [0.25, 0.3) is 5.69 Å². The SMILES string of the molecule is O=[N+]([O-])c1cnc2sc(CSc3ccccc3)nc2c1. The van der Waals surface area contributed by atoms with Crippen LogP contribution in [0.5, 0.6) is 0 Å². The number of benzene rings is 1. The maximum absolute atomic E-state index is 10.7. The predicted octanol–water partition coefficient (Wildman–Crippen LogP) is 3.89. The van der Waals surface area contributed by atoms with Crippen LogP contribution in [0.3, 0.4) is 0 Å². The van der Waals surface area contributed by atoms with Crippen LogP contribution >= 0.6 is 23.1 Å². The van der Waals surface area contributed by atoms with E-state index in [1.165, 1.54) is 28.5 Å². The summed E-state index contributed by atoms with van der Waals surface area (Å²) in [6.07, 6.45) is 1.27. The minimum atomic E-state index is -0.454. The van der Waals surface area contributed by atoms with Crippen molar-refractivity contribution in [1.82, 2.24) is 9.97 Å². The standard InChI is InChI=1S/C13H9N3O2S2/c17-16(18)9-6-11-13(14-7-9)20-12(15-11)8-19-10-4-2-1-3-5-10/h1-7H,8H2. The molecule has 0 radical (unpaired) electrons. The van der Waals surface area contributed by atoms with E-state index in [4.69, 9.17) is 0 Å². The van der Waals surface area contributed by atoms with Crippen molar-refractivity contribution in [3.63, 3.8) is 0 Å². The molecule has 20 heavy (non-hydrogen) atoms. The molecule has 0 aliphatic carbocycles. The first-order valence-electron chi connectivity index (χ1n) is 5.80. The van der Waals surface area contributed by atoms with Gasteiger partial charge >= 0.3 is 0 Å². The second kappa shape index (κ2) is 5.56. The highest BCUT2D eigenvalue weighted by atomic mass is 32.2. The summed E-state index contributed by atoms with van der Waals surface area (Å²) >= 11 is 3.16. The molecule has 3 aromatic rings. The number of nitro groups is 1. The van der Waals surface area contributed by atoms with Crippen LogP contribution in [0, 0.1) is 10.1 Å². The molecule has 0 aliphatic heterocycles. The van der Waals surface area contributed by atoms with Crippen molar-refractivity contribution in [2.75, 3.05) is 0 Å². The van der Waals surface area contributed by atoms with Gasteiger partial charge in [0.2, 0.25) is 0 Å². The van der Waals surface area contributed by atoms with E-state index < -0.39 is 4.92 Å². The monoisotopic (exact) mass is 303 g/mol. The zero-order chi connectivity index (χ0) is 13.9. The molecule has 0 aliphatic rings. The van der Waals surface area contributed by atoms with E-state index in [0.717, 1.165) is 15.6 Å². The number of pyridine rings is 1. The first-order chi connectivity index (χ1) is 9.72. The van der Waals surface area contributed by atoms with Gasteiger partial charge < -0.3 is 0 Å². The molecule has 0 bridgehead atoms. The molecule has 0 amide bonds. The van der Waals surface area contributed by atoms with Gasteiger partial charge in [0.15, 0.2) is 0 Å². The van der Waals surface area contributed by atoms with Crippen LogP contribution in [0.1, 0.15) is 5.01 Å². The third-order valence-corrected chi connectivity index (χ3v) is 4.78. The maximum Gasteiger partial charge on any atom is 0.289 e. The lowest BCUT2D eigenvalue weighted by Crippen LogP contribution is -1.88. The van der Waals surface area contributed by atoms with E-state index in [9.17, 15) is 10.1 Å². The molecular formula is C13H9N3O2S2. The largest absolute Gasteiger partial charge is 0.289 e. The summed E-state index contributed by atoms with van der Waals surface area (Å²) < 4.78 is 0. The third-order valence-electron chi connectivity index (χ3n) is 2.59. The highest BCUT2D eigenvalue weighted by Crippen LogP contribution is 2.28. The van der Waals surface area contributed by atoms with E-state index in [-0.39, 0.29) is 5.69 Å². The Kier molecular flexibility index (Phi) is 3.62. The fourth-order valence-corrected chi connectivity index (χ4v) is 3.48. The van der Waals surface area contributed by atoms with Crippen molar-refractivity contribution >= 4 is 39.1 Å². The summed E-state index contributed by atoms with van der Waals surface area (Å²) in [6, 6.07) is 11.5. The minimum absolute atomic E-state index is 0.0231.